The van der Waals surface area contributed by atoms with Crippen LogP contribution < -0.4 is 10.1 Å². The Morgan fingerprint density at radius 1 is 0.808 bits per heavy atom. The molecule has 3 rings (SSSR count). The molecule has 0 saturated heterocycles. The van der Waals surface area contributed by atoms with Gasteiger partial charge in [-0.25, -0.2) is 0 Å². The number of rotatable bonds is 6. The lowest BCUT2D eigenvalue weighted by Crippen LogP contribution is -2.33. The average molecular weight is 362 g/mol. The van der Waals surface area contributed by atoms with Gasteiger partial charge >= 0.3 is 0 Å². The fourth-order valence-electron chi connectivity index (χ4n) is 2.68. The van der Waals surface area contributed by atoms with Gasteiger partial charge < -0.3 is 15.0 Å². The minimum absolute atomic E-state index is 0.697. The number of nitrogens with one attached hydrogen (secondary N) is 1. The first-order chi connectivity index (χ1) is 12.7. The molecule has 1 N–H and O–H groups in total. The van der Waals surface area contributed by atoms with Crippen molar-refractivity contribution in [1.82, 2.24) is 4.90 Å². The van der Waals surface area contributed by atoms with Gasteiger partial charge in [0.1, 0.15) is 5.75 Å². The lowest BCUT2D eigenvalue weighted by molar-refractivity contribution is 0.412. The molecule has 0 spiro atoms. The maximum Gasteiger partial charge on any atom is 0.174 e. The molecule has 0 radical (unpaired) electrons. The van der Waals surface area contributed by atoms with Gasteiger partial charge in [0, 0.05) is 18.8 Å². The zero-order valence-corrected chi connectivity index (χ0v) is 15.6. The van der Waals surface area contributed by atoms with E-state index in [4.69, 9.17) is 17.0 Å². The van der Waals surface area contributed by atoms with E-state index < -0.39 is 0 Å². The SMILES string of the molecule is COc1ccc(NC(=S)N(Cc2ccccc2)Cc2ccccc2)cc1. The minimum atomic E-state index is 0.697. The van der Waals surface area contributed by atoms with Gasteiger partial charge in [0.05, 0.1) is 7.11 Å². The Bertz CT molecular complexity index is 778. The molecule has 26 heavy (non-hydrogen) atoms. The van der Waals surface area contributed by atoms with Gasteiger partial charge in [0.15, 0.2) is 5.11 Å². The van der Waals surface area contributed by atoms with Crippen molar-refractivity contribution in [3.63, 3.8) is 0 Å². The van der Waals surface area contributed by atoms with Crippen molar-refractivity contribution in [2.45, 2.75) is 13.1 Å². The topological polar surface area (TPSA) is 24.5 Å². The summed E-state index contributed by atoms with van der Waals surface area (Å²) in [6, 6.07) is 28.5. The zero-order chi connectivity index (χ0) is 18.2. The van der Waals surface area contributed by atoms with Crippen LogP contribution in [0.15, 0.2) is 84.9 Å². The van der Waals surface area contributed by atoms with Gasteiger partial charge in [-0.2, -0.15) is 0 Å². The third-order valence-electron chi connectivity index (χ3n) is 4.06. The van der Waals surface area contributed by atoms with E-state index >= 15 is 0 Å². The Morgan fingerprint density at radius 3 is 1.77 bits per heavy atom. The van der Waals surface area contributed by atoms with Crippen LogP contribution in [0.3, 0.4) is 0 Å². The first kappa shape index (κ1) is 18.0. The van der Waals surface area contributed by atoms with Crippen LogP contribution in [0.1, 0.15) is 11.1 Å². The molecule has 0 amide bonds. The second-order valence-corrected chi connectivity index (χ2v) is 6.37. The van der Waals surface area contributed by atoms with Crippen molar-refractivity contribution in [1.29, 1.82) is 0 Å². The second-order valence-electron chi connectivity index (χ2n) is 5.99. The summed E-state index contributed by atoms with van der Waals surface area (Å²) in [5, 5.41) is 4.03. The van der Waals surface area contributed by atoms with Gasteiger partial charge in [-0.3, -0.25) is 0 Å². The molecular formula is C22H22N2OS. The van der Waals surface area contributed by atoms with Crippen molar-refractivity contribution in [3.05, 3.63) is 96.1 Å². The van der Waals surface area contributed by atoms with E-state index in [2.05, 4.69) is 58.7 Å². The van der Waals surface area contributed by atoms with Gasteiger partial charge in [0.25, 0.3) is 0 Å². The summed E-state index contributed by atoms with van der Waals surface area (Å²) < 4.78 is 5.21. The van der Waals surface area contributed by atoms with E-state index in [1.165, 1.54) is 11.1 Å². The molecular weight excluding hydrogens is 340 g/mol. The lowest BCUT2D eigenvalue weighted by Gasteiger charge is -2.26. The molecule has 3 nitrogen and oxygen atoms in total. The highest BCUT2D eigenvalue weighted by atomic mass is 32.1. The van der Waals surface area contributed by atoms with Crippen LogP contribution in [0.4, 0.5) is 5.69 Å². The summed E-state index contributed by atoms with van der Waals surface area (Å²) in [7, 11) is 1.66. The number of thiocarbonyl (C=S) groups is 1. The third kappa shape index (κ3) is 5.07. The lowest BCUT2D eigenvalue weighted by atomic mass is 10.2. The number of methoxy groups -OCH3 is 1. The number of hydrogen-bond donors (Lipinski definition) is 1. The number of hydrogen-bond acceptors (Lipinski definition) is 2. The predicted octanol–water partition coefficient (Wildman–Crippen LogP) is 5.09. The molecule has 0 atom stereocenters. The fourth-order valence-corrected chi connectivity index (χ4v) is 2.93. The number of nitrogens with zero attached hydrogens (tertiary/aromatic N) is 1. The summed E-state index contributed by atoms with van der Waals surface area (Å²) in [5.41, 5.74) is 3.39. The molecule has 0 aliphatic rings. The van der Waals surface area contributed by atoms with Crippen molar-refractivity contribution in [2.24, 2.45) is 0 Å². The Labute approximate surface area is 160 Å². The van der Waals surface area contributed by atoms with Crippen molar-refractivity contribution >= 4 is 23.0 Å². The number of anilines is 1. The molecule has 0 aliphatic carbocycles. The normalized spacial score (nSPS) is 10.2. The summed E-state index contributed by atoms with van der Waals surface area (Å²) >= 11 is 5.70. The van der Waals surface area contributed by atoms with Crippen LogP contribution in [-0.4, -0.2) is 17.1 Å². The standard InChI is InChI=1S/C22H22N2OS/c1-25-21-14-12-20(13-15-21)23-22(26)24(16-18-8-4-2-5-9-18)17-19-10-6-3-7-11-19/h2-15H,16-17H2,1H3,(H,23,26). The first-order valence-corrected chi connectivity index (χ1v) is 8.93. The molecule has 4 heteroatoms. The molecule has 0 fully saturated rings. The molecule has 0 heterocycles. The molecule has 0 unspecified atom stereocenters. The Hall–Kier alpha value is -2.85. The zero-order valence-electron chi connectivity index (χ0n) is 14.8. The molecule has 0 aliphatic heterocycles. The monoisotopic (exact) mass is 362 g/mol. The van der Waals surface area contributed by atoms with Crippen LogP contribution in [0, 0.1) is 0 Å². The predicted molar refractivity (Wildman–Crippen MR) is 111 cm³/mol. The summed E-state index contributed by atoms with van der Waals surface area (Å²) in [5.74, 6) is 0.826. The first-order valence-electron chi connectivity index (χ1n) is 8.52. The van der Waals surface area contributed by atoms with Gasteiger partial charge in [-0.15, -0.1) is 0 Å². The number of ether oxygens (including phenoxy) is 1. The van der Waals surface area contributed by atoms with Crippen molar-refractivity contribution in [2.75, 3.05) is 12.4 Å². The van der Waals surface area contributed by atoms with Crippen LogP contribution in [-0.2, 0) is 13.1 Å². The number of benzene rings is 3. The van der Waals surface area contributed by atoms with E-state index in [1.807, 2.05) is 36.4 Å². The van der Waals surface area contributed by atoms with Crippen LogP contribution in [0.25, 0.3) is 0 Å². The van der Waals surface area contributed by atoms with Crippen molar-refractivity contribution in [3.8, 4) is 5.75 Å². The summed E-state index contributed by atoms with van der Waals surface area (Å²) in [4.78, 5) is 2.17. The van der Waals surface area contributed by atoms with Crippen LogP contribution in [0.2, 0.25) is 0 Å². The Balaban J connectivity index is 1.75. The second kappa shape index (κ2) is 9.02. The van der Waals surface area contributed by atoms with E-state index in [0.717, 1.165) is 24.5 Å². The highest BCUT2D eigenvalue weighted by Crippen LogP contribution is 2.17. The van der Waals surface area contributed by atoms with Gasteiger partial charge in [-0.05, 0) is 47.6 Å². The average Bonchev–Trinajstić information content (AvgIpc) is 2.69. The molecule has 3 aromatic carbocycles. The highest BCUT2D eigenvalue weighted by molar-refractivity contribution is 7.80. The van der Waals surface area contributed by atoms with Crippen LogP contribution in [0.5, 0.6) is 5.75 Å². The molecule has 0 bridgehead atoms. The summed E-state index contributed by atoms with van der Waals surface area (Å²) in [6.45, 7) is 1.50. The van der Waals surface area contributed by atoms with Gasteiger partial charge in [0.2, 0.25) is 0 Å². The Morgan fingerprint density at radius 2 is 1.31 bits per heavy atom. The molecule has 0 saturated carbocycles. The summed E-state index contributed by atoms with van der Waals surface area (Å²) in [6.07, 6.45) is 0. The van der Waals surface area contributed by atoms with E-state index in [-0.39, 0.29) is 0 Å². The molecule has 3 aromatic rings. The fraction of sp³-hybridized carbons (Fsp3) is 0.136. The quantitative estimate of drug-likeness (QED) is 0.617. The van der Waals surface area contributed by atoms with E-state index in [9.17, 15) is 0 Å². The smallest absolute Gasteiger partial charge is 0.174 e. The highest BCUT2D eigenvalue weighted by Gasteiger charge is 2.11. The van der Waals surface area contributed by atoms with E-state index in [1.54, 1.807) is 7.11 Å². The Kier molecular flexibility index (Phi) is 6.23. The third-order valence-corrected chi connectivity index (χ3v) is 4.42. The molecule has 132 valence electrons. The molecule has 0 aromatic heterocycles. The van der Waals surface area contributed by atoms with Crippen molar-refractivity contribution < 1.29 is 4.74 Å². The van der Waals surface area contributed by atoms with Gasteiger partial charge in [-0.1, -0.05) is 60.7 Å². The maximum absolute atomic E-state index is 5.70. The maximum atomic E-state index is 5.70. The van der Waals surface area contributed by atoms with E-state index in [0.29, 0.717) is 5.11 Å². The largest absolute Gasteiger partial charge is 0.497 e. The van der Waals surface area contributed by atoms with Crippen LogP contribution >= 0.6 is 12.2 Å². The minimum Gasteiger partial charge on any atom is -0.497 e.